The van der Waals surface area contributed by atoms with Gasteiger partial charge in [0.25, 0.3) is 5.56 Å². The Kier molecular flexibility index (Phi) is 4.90. The Morgan fingerprint density at radius 2 is 2.05 bits per heavy atom. The van der Waals surface area contributed by atoms with Crippen molar-refractivity contribution in [1.82, 2.24) is 9.55 Å². The standard InChI is InChI=1S/C15H18N2O3/c1-2-9-20-13-5-3-12(4-6-13)14(18)10-17-11-16-8-7-15(17)19/h3-8,11,14,18H,2,9-10H2,1H3. The van der Waals surface area contributed by atoms with Crippen LogP contribution in [-0.2, 0) is 6.54 Å². The summed E-state index contributed by atoms with van der Waals surface area (Å²) < 4.78 is 6.86. The van der Waals surface area contributed by atoms with E-state index in [0.717, 1.165) is 17.7 Å². The molecule has 1 unspecified atom stereocenters. The van der Waals surface area contributed by atoms with E-state index in [9.17, 15) is 9.90 Å². The van der Waals surface area contributed by atoms with Gasteiger partial charge in [0.15, 0.2) is 0 Å². The van der Waals surface area contributed by atoms with E-state index >= 15 is 0 Å². The molecular formula is C15H18N2O3. The fourth-order valence-corrected chi connectivity index (χ4v) is 1.81. The molecule has 0 amide bonds. The number of rotatable bonds is 6. The summed E-state index contributed by atoms with van der Waals surface area (Å²) in [4.78, 5) is 15.4. The molecule has 2 rings (SSSR count). The molecule has 1 aromatic heterocycles. The van der Waals surface area contributed by atoms with Crippen LogP contribution < -0.4 is 10.3 Å². The van der Waals surface area contributed by atoms with Crippen LogP contribution in [0.1, 0.15) is 25.0 Å². The summed E-state index contributed by atoms with van der Waals surface area (Å²) >= 11 is 0. The van der Waals surface area contributed by atoms with Crippen molar-refractivity contribution in [3.8, 4) is 5.75 Å². The fraction of sp³-hybridized carbons (Fsp3) is 0.333. The first kappa shape index (κ1) is 14.3. The number of hydrogen-bond acceptors (Lipinski definition) is 4. The van der Waals surface area contributed by atoms with E-state index < -0.39 is 6.10 Å². The van der Waals surface area contributed by atoms with Crippen LogP contribution in [-0.4, -0.2) is 21.3 Å². The van der Waals surface area contributed by atoms with Crippen LogP contribution in [0, 0.1) is 0 Å². The van der Waals surface area contributed by atoms with Crippen molar-refractivity contribution in [2.45, 2.75) is 26.0 Å². The van der Waals surface area contributed by atoms with Gasteiger partial charge in [-0.1, -0.05) is 19.1 Å². The lowest BCUT2D eigenvalue weighted by Gasteiger charge is -2.13. The Morgan fingerprint density at radius 3 is 2.70 bits per heavy atom. The van der Waals surface area contributed by atoms with Crippen LogP contribution in [0.2, 0.25) is 0 Å². The minimum Gasteiger partial charge on any atom is -0.494 e. The molecule has 1 N–H and O–H groups in total. The molecule has 0 aliphatic heterocycles. The van der Waals surface area contributed by atoms with Gasteiger partial charge in [-0.25, -0.2) is 4.98 Å². The van der Waals surface area contributed by atoms with E-state index in [2.05, 4.69) is 4.98 Å². The van der Waals surface area contributed by atoms with Gasteiger partial charge in [0, 0.05) is 12.3 Å². The van der Waals surface area contributed by atoms with E-state index in [1.54, 1.807) is 12.1 Å². The molecule has 1 aromatic carbocycles. The third-order valence-electron chi connectivity index (χ3n) is 2.90. The minimum absolute atomic E-state index is 0.179. The van der Waals surface area contributed by atoms with Gasteiger partial charge in [-0.05, 0) is 24.1 Å². The second-order valence-electron chi connectivity index (χ2n) is 4.50. The van der Waals surface area contributed by atoms with Crippen molar-refractivity contribution >= 4 is 0 Å². The smallest absolute Gasteiger partial charge is 0.253 e. The normalized spacial score (nSPS) is 12.1. The molecule has 0 aliphatic carbocycles. The molecule has 5 nitrogen and oxygen atoms in total. The Morgan fingerprint density at radius 1 is 1.30 bits per heavy atom. The molecular weight excluding hydrogens is 256 g/mol. The predicted octanol–water partition coefficient (Wildman–Crippen LogP) is 1.77. The second-order valence-corrected chi connectivity index (χ2v) is 4.50. The Bertz CT molecular complexity index is 593. The van der Waals surface area contributed by atoms with Gasteiger partial charge in [-0.15, -0.1) is 0 Å². The van der Waals surface area contributed by atoms with Crippen molar-refractivity contribution in [3.05, 3.63) is 58.8 Å². The largest absolute Gasteiger partial charge is 0.494 e. The summed E-state index contributed by atoms with van der Waals surface area (Å²) in [6.45, 7) is 2.90. The topological polar surface area (TPSA) is 64.3 Å². The Labute approximate surface area is 117 Å². The zero-order chi connectivity index (χ0) is 14.4. The SMILES string of the molecule is CCCOc1ccc(C(O)Cn2cnccc2=O)cc1. The van der Waals surface area contributed by atoms with E-state index in [1.807, 2.05) is 19.1 Å². The van der Waals surface area contributed by atoms with E-state index in [4.69, 9.17) is 4.74 Å². The molecule has 0 radical (unpaired) electrons. The van der Waals surface area contributed by atoms with Crippen LogP contribution >= 0.6 is 0 Å². The minimum atomic E-state index is -0.753. The van der Waals surface area contributed by atoms with Crippen molar-refractivity contribution < 1.29 is 9.84 Å². The third-order valence-corrected chi connectivity index (χ3v) is 2.90. The van der Waals surface area contributed by atoms with Crippen molar-refractivity contribution in [3.63, 3.8) is 0 Å². The number of nitrogens with zero attached hydrogens (tertiary/aromatic N) is 2. The van der Waals surface area contributed by atoms with Gasteiger partial charge in [-0.3, -0.25) is 9.36 Å². The summed E-state index contributed by atoms with van der Waals surface area (Å²) in [6.07, 6.45) is 3.06. The summed E-state index contributed by atoms with van der Waals surface area (Å²) in [5.74, 6) is 0.779. The Balaban J connectivity index is 2.04. The van der Waals surface area contributed by atoms with Crippen LogP contribution in [0.5, 0.6) is 5.75 Å². The summed E-state index contributed by atoms with van der Waals surface area (Å²) in [5.41, 5.74) is 0.562. The zero-order valence-electron chi connectivity index (χ0n) is 11.4. The molecule has 106 valence electrons. The monoisotopic (exact) mass is 274 g/mol. The molecule has 0 aliphatic rings. The average Bonchev–Trinajstić information content (AvgIpc) is 2.48. The maximum Gasteiger partial charge on any atom is 0.253 e. The third kappa shape index (κ3) is 3.68. The van der Waals surface area contributed by atoms with Crippen LogP contribution in [0.4, 0.5) is 0 Å². The highest BCUT2D eigenvalue weighted by Crippen LogP contribution is 2.18. The van der Waals surface area contributed by atoms with Gasteiger partial charge in [0.2, 0.25) is 0 Å². The number of aromatic nitrogens is 2. The van der Waals surface area contributed by atoms with Crippen molar-refractivity contribution in [1.29, 1.82) is 0 Å². The van der Waals surface area contributed by atoms with Gasteiger partial charge < -0.3 is 9.84 Å². The van der Waals surface area contributed by atoms with Crippen LogP contribution in [0.15, 0.2) is 47.7 Å². The highest BCUT2D eigenvalue weighted by molar-refractivity contribution is 5.28. The summed E-state index contributed by atoms with van der Waals surface area (Å²) in [6, 6.07) is 8.61. The van der Waals surface area contributed by atoms with Gasteiger partial charge >= 0.3 is 0 Å². The van der Waals surface area contributed by atoms with E-state index in [1.165, 1.54) is 23.2 Å². The maximum atomic E-state index is 11.6. The first-order chi connectivity index (χ1) is 9.70. The average molecular weight is 274 g/mol. The summed E-state index contributed by atoms with van der Waals surface area (Å²) in [7, 11) is 0. The van der Waals surface area contributed by atoms with Crippen LogP contribution in [0.3, 0.4) is 0 Å². The lowest BCUT2D eigenvalue weighted by atomic mass is 10.1. The van der Waals surface area contributed by atoms with E-state index in [0.29, 0.717) is 6.61 Å². The van der Waals surface area contributed by atoms with Crippen LogP contribution in [0.25, 0.3) is 0 Å². The van der Waals surface area contributed by atoms with Gasteiger partial charge in [0.1, 0.15) is 5.75 Å². The lowest BCUT2D eigenvalue weighted by Crippen LogP contribution is -2.22. The first-order valence-corrected chi connectivity index (χ1v) is 6.62. The summed E-state index contributed by atoms with van der Waals surface area (Å²) in [5, 5.41) is 10.1. The zero-order valence-corrected chi connectivity index (χ0v) is 11.4. The molecule has 20 heavy (non-hydrogen) atoms. The molecule has 0 fully saturated rings. The number of aliphatic hydroxyl groups excluding tert-OH is 1. The Hall–Kier alpha value is -2.14. The molecule has 5 heteroatoms. The highest BCUT2D eigenvalue weighted by atomic mass is 16.5. The number of aliphatic hydroxyl groups is 1. The molecule has 1 heterocycles. The first-order valence-electron chi connectivity index (χ1n) is 6.62. The van der Waals surface area contributed by atoms with Gasteiger partial charge in [0.05, 0.1) is 25.6 Å². The number of ether oxygens (including phenoxy) is 1. The predicted molar refractivity (Wildman–Crippen MR) is 75.7 cm³/mol. The van der Waals surface area contributed by atoms with Crippen molar-refractivity contribution in [2.24, 2.45) is 0 Å². The molecule has 1 atom stereocenters. The van der Waals surface area contributed by atoms with E-state index in [-0.39, 0.29) is 12.1 Å². The molecule has 0 spiro atoms. The van der Waals surface area contributed by atoms with Crippen molar-refractivity contribution in [2.75, 3.05) is 6.61 Å². The second kappa shape index (κ2) is 6.86. The number of hydrogen-bond donors (Lipinski definition) is 1. The fourth-order valence-electron chi connectivity index (χ4n) is 1.81. The molecule has 0 bridgehead atoms. The van der Waals surface area contributed by atoms with Gasteiger partial charge in [-0.2, -0.15) is 0 Å². The number of benzene rings is 1. The quantitative estimate of drug-likeness (QED) is 0.872. The lowest BCUT2D eigenvalue weighted by molar-refractivity contribution is 0.154. The molecule has 2 aromatic rings. The molecule has 0 saturated carbocycles. The molecule has 0 saturated heterocycles. The highest BCUT2D eigenvalue weighted by Gasteiger charge is 2.09. The maximum absolute atomic E-state index is 11.6.